The number of hydrogen-bond acceptors (Lipinski definition) is 3. The average molecular weight is 363 g/mol. The van der Waals surface area contributed by atoms with E-state index in [0.717, 1.165) is 10.2 Å². The molecule has 0 saturated carbocycles. The van der Waals surface area contributed by atoms with Crippen LogP contribution in [0.5, 0.6) is 0 Å². The predicted octanol–water partition coefficient (Wildman–Crippen LogP) is 3.94. The van der Waals surface area contributed by atoms with Gasteiger partial charge in [0.25, 0.3) is 0 Å². The maximum absolute atomic E-state index is 10.3. The number of nitrogens with zero attached hydrogens (tertiary/aromatic N) is 2. The van der Waals surface area contributed by atoms with Gasteiger partial charge in [-0.25, -0.2) is 0 Å². The molecule has 0 aromatic carbocycles. The second kappa shape index (κ2) is 6.30. The fraction of sp³-hybridized carbons (Fsp3) is 0.786. The topological polar surface area (TPSA) is 47.3 Å². The minimum Gasteiger partial charge on any atom is -0.417 e. The van der Waals surface area contributed by atoms with Crippen molar-refractivity contribution in [3.05, 3.63) is 15.9 Å². The number of halogens is 1. The number of aliphatic hydroxyl groups excluding tert-OH is 1. The molecule has 20 heavy (non-hydrogen) atoms. The van der Waals surface area contributed by atoms with Crippen LogP contribution in [-0.2, 0) is 11.5 Å². The third-order valence-electron chi connectivity index (χ3n) is 4.26. The molecule has 0 amide bonds. The van der Waals surface area contributed by atoms with Crippen LogP contribution in [0, 0.1) is 6.92 Å². The molecule has 1 atom stereocenters. The van der Waals surface area contributed by atoms with Crippen LogP contribution in [0.15, 0.2) is 4.47 Å². The molecule has 4 nitrogen and oxygen atoms in total. The van der Waals surface area contributed by atoms with Gasteiger partial charge < -0.3 is 9.53 Å². The molecular weight excluding hydrogens is 336 g/mol. The van der Waals surface area contributed by atoms with Crippen LogP contribution >= 0.6 is 15.9 Å². The lowest BCUT2D eigenvalue weighted by Crippen LogP contribution is -2.41. The van der Waals surface area contributed by atoms with Gasteiger partial charge in [-0.15, -0.1) is 0 Å². The first-order chi connectivity index (χ1) is 8.97. The molecule has 1 aromatic rings. The average Bonchev–Trinajstić information content (AvgIpc) is 2.55. The van der Waals surface area contributed by atoms with Crippen molar-refractivity contribution in [2.45, 2.75) is 58.4 Å². The van der Waals surface area contributed by atoms with Crippen molar-refractivity contribution in [1.29, 1.82) is 0 Å². The largest absolute Gasteiger partial charge is 0.417 e. The van der Waals surface area contributed by atoms with Gasteiger partial charge in [-0.3, -0.25) is 4.68 Å². The van der Waals surface area contributed by atoms with Crippen LogP contribution in [-0.4, -0.2) is 29.8 Å². The first-order valence-corrected chi connectivity index (χ1v) is 10.7. The molecular formula is C14H27BrN2O2Si. The van der Waals surface area contributed by atoms with Crippen LogP contribution in [0.3, 0.4) is 0 Å². The molecule has 116 valence electrons. The van der Waals surface area contributed by atoms with Gasteiger partial charge in [0.2, 0.25) is 0 Å². The van der Waals surface area contributed by atoms with E-state index in [1.807, 2.05) is 14.0 Å². The highest BCUT2D eigenvalue weighted by Crippen LogP contribution is 2.37. The third kappa shape index (κ3) is 3.93. The van der Waals surface area contributed by atoms with Crippen LogP contribution in [0.25, 0.3) is 0 Å². The molecule has 0 aliphatic heterocycles. The summed E-state index contributed by atoms with van der Waals surface area (Å²) in [7, 11) is 0.137. The summed E-state index contributed by atoms with van der Waals surface area (Å²) in [6.45, 7) is 13.6. The van der Waals surface area contributed by atoms with E-state index in [2.05, 4.69) is 54.9 Å². The first-order valence-electron chi connectivity index (χ1n) is 6.98. The van der Waals surface area contributed by atoms with E-state index < -0.39 is 14.4 Å². The Morgan fingerprint density at radius 1 is 1.40 bits per heavy atom. The molecule has 0 aliphatic rings. The third-order valence-corrected chi connectivity index (χ3v) is 9.78. The summed E-state index contributed by atoms with van der Waals surface area (Å²) in [4.78, 5) is 0. The van der Waals surface area contributed by atoms with Gasteiger partial charge in [0.1, 0.15) is 11.8 Å². The number of rotatable bonds is 5. The van der Waals surface area contributed by atoms with E-state index in [1.54, 1.807) is 4.68 Å². The predicted molar refractivity (Wildman–Crippen MR) is 88.4 cm³/mol. The highest BCUT2D eigenvalue weighted by Gasteiger charge is 2.37. The van der Waals surface area contributed by atoms with Crippen molar-refractivity contribution < 1.29 is 9.53 Å². The smallest absolute Gasteiger partial charge is 0.191 e. The number of aliphatic hydroxyl groups is 1. The van der Waals surface area contributed by atoms with Crippen molar-refractivity contribution >= 4 is 24.2 Å². The number of aryl methyl sites for hydroxylation is 1. The van der Waals surface area contributed by atoms with E-state index in [9.17, 15) is 5.11 Å². The van der Waals surface area contributed by atoms with Gasteiger partial charge >= 0.3 is 0 Å². The standard InChI is InChI=1S/C14H27BrN2O2Si/c1-10-12(15)13(16-17(10)5)11(18)8-9-19-20(6,7)14(2,3)4/h11,18H,8-9H2,1-7H3. The lowest BCUT2D eigenvalue weighted by atomic mass is 10.2. The molecule has 0 fully saturated rings. The van der Waals surface area contributed by atoms with Crippen molar-refractivity contribution in [3.8, 4) is 0 Å². The van der Waals surface area contributed by atoms with Crippen LogP contribution in [0.1, 0.15) is 44.7 Å². The molecule has 0 saturated heterocycles. The monoisotopic (exact) mass is 362 g/mol. The number of aromatic nitrogens is 2. The fourth-order valence-corrected chi connectivity index (χ4v) is 3.26. The van der Waals surface area contributed by atoms with E-state index in [4.69, 9.17) is 4.43 Å². The summed E-state index contributed by atoms with van der Waals surface area (Å²) >= 11 is 3.49. The first kappa shape index (κ1) is 17.9. The van der Waals surface area contributed by atoms with E-state index in [0.29, 0.717) is 18.7 Å². The van der Waals surface area contributed by atoms with E-state index in [-0.39, 0.29) is 5.04 Å². The summed E-state index contributed by atoms with van der Waals surface area (Å²) in [5, 5.41) is 14.8. The fourth-order valence-electron chi connectivity index (χ4n) is 1.60. The zero-order valence-electron chi connectivity index (χ0n) is 13.6. The molecule has 6 heteroatoms. The zero-order valence-corrected chi connectivity index (χ0v) is 16.2. The van der Waals surface area contributed by atoms with Crippen molar-refractivity contribution in [2.75, 3.05) is 6.61 Å². The molecule has 1 heterocycles. The van der Waals surface area contributed by atoms with E-state index in [1.165, 1.54) is 0 Å². The summed E-state index contributed by atoms with van der Waals surface area (Å²) in [5.74, 6) is 0. The van der Waals surface area contributed by atoms with Gasteiger partial charge in [-0.05, 0) is 41.0 Å². The maximum Gasteiger partial charge on any atom is 0.191 e. The summed E-state index contributed by atoms with van der Waals surface area (Å²) in [6.07, 6.45) is -0.0179. The quantitative estimate of drug-likeness (QED) is 0.806. The minimum atomic E-state index is -1.74. The lowest BCUT2D eigenvalue weighted by molar-refractivity contribution is 0.131. The molecule has 0 bridgehead atoms. The van der Waals surface area contributed by atoms with Crippen molar-refractivity contribution in [2.24, 2.45) is 7.05 Å². The molecule has 0 spiro atoms. The van der Waals surface area contributed by atoms with Crippen LogP contribution < -0.4 is 0 Å². The second-order valence-corrected chi connectivity index (χ2v) is 12.4. The van der Waals surface area contributed by atoms with Crippen molar-refractivity contribution in [3.63, 3.8) is 0 Å². The van der Waals surface area contributed by atoms with Gasteiger partial charge in [-0.2, -0.15) is 5.10 Å². The Morgan fingerprint density at radius 2 is 1.95 bits per heavy atom. The Bertz CT molecular complexity index is 466. The van der Waals surface area contributed by atoms with Gasteiger partial charge in [-0.1, -0.05) is 20.8 Å². The normalized spacial score (nSPS) is 14.7. The molecule has 0 aliphatic carbocycles. The minimum absolute atomic E-state index is 0.195. The molecule has 1 aromatic heterocycles. The van der Waals surface area contributed by atoms with Gasteiger partial charge in [0.05, 0.1) is 4.47 Å². The van der Waals surface area contributed by atoms with Crippen LogP contribution in [0.4, 0.5) is 0 Å². The Morgan fingerprint density at radius 3 is 2.35 bits per heavy atom. The molecule has 1 N–H and O–H groups in total. The Hall–Kier alpha value is -0.173. The highest BCUT2D eigenvalue weighted by molar-refractivity contribution is 9.10. The van der Waals surface area contributed by atoms with Gasteiger partial charge in [0, 0.05) is 25.8 Å². The Balaban J connectivity index is 2.61. The summed E-state index contributed by atoms with van der Waals surface area (Å²) < 4.78 is 8.76. The van der Waals surface area contributed by atoms with Crippen LogP contribution in [0.2, 0.25) is 18.1 Å². The van der Waals surface area contributed by atoms with Gasteiger partial charge in [0.15, 0.2) is 8.32 Å². The maximum atomic E-state index is 10.3. The lowest BCUT2D eigenvalue weighted by Gasteiger charge is -2.36. The van der Waals surface area contributed by atoms with E-state index >= 15 is 0 Å². The highest BCUT2D eigenvalue weighted by atomic mass is 79.9. The Labute approximate surface area is 131 Å². The SMILES string of the molecule is Cc1c(Br)c(C(O)CCO[Si](C)(C)C(C)(C)C)nn1C. The van der Waals surface area contributed by atoms with Crippen molar-refractivity contribution in [1.82, 2.24) is 9.78 Å². The zero-order chi connectivity index (χ0) is 15.7. The summed E-state index contributed by atoms with van der Waals surface area (Å²) in [5.41, 5.74) is 1.72. The molecule has 1 unspecified atom stereocenters. The Kier molecular flexibility index (Phi) is 5.63. The molecule has 1 rings (SSSR count). The summed E-state index contributed by atoms with van der Waals surface area (Å²) in [6, 6.07) is 0. The molecule has 0 radical (unpaired) electrons. The number of hydrogen-bond donors (Lipinski definition) is 1. The second-order valence-electron chi connectivity index (χ2n) is 6.82.